The minimum absolute atomic E-state index is 0.0155. The monoisotopic (exact) mass is 196 g/mol. The molecule has 0 saturated heterocycles. The average Bonchev–Trinajstić information content (AvgIpc) is 2.01. The number of ether oxygens (including phenoxy) is 1. The minimum atomic E-state index is -0.0370. The van der Waals surface area contributed by atoms with Gasteiger partial charge in [0.25, 0.3) is 0 Å². The van der Waals surface area contributed by atoms with Crippen LogP contribution in [0.15, 0.2) is 12.2 Å². The van der Waals surface area contributed by atoms with E-state index in [1.807, 2.05) is 6.92 Å². The van der Waals surface area contributed by atoms with Crippen molar-refractivity contribution in [1.29, 1.82) is 0 Å². The van der Waals surface area contributed by atoms with Gasteiger partial charge in [0.2, 0.25) is 0 Å². The Bertz CT molecular complexity index is 241. The number of hydrogen-bond donors (Lipinski definition) is 0. The van der Waals surface area contributed by atoms with Crippen molar-refractivity contribution in [3.8, 4) is 0 Å². The summed E-state index contributed by atoms with van der Waals surface area (Å²) in [5.41, 5.74) is 1.28. The fourth-order valence-corrected chi connectivity index (χ4v) is 2.27. The Hall–Kier alpha value is -0.790. The molecule has 1 saturated carbocycles. The molecule has 80 valence electrons. The molecule has 0 aliphatic heterocycles. The lowest BCUT2D eigenvalue weighted by atomic mass is 9.67. The predicted octanol–water partition coefficient (Wildman–Crippen LogP) is 2.93. The number of esters is 1. The maximum Gasteiger partial charge on any atom is 0.309 e. The summed E-state index contributed by atoms with van der Waals surface area (Å²) in [6.45, 7) is 10.6. The van der Waals surface area contributed by atoms with Crippen molar-refractivity contribution < 1.29 is 9.53 Å². The largest absolute Gasteiger partial charge is 0.466 e. The van der Waals surface area contributed by atoms with E-state index < -0.39 is 0 Å². The molecular weight excluding hydrogens is 176 g/mol. The number of carbonyl (C=O) groups is 1. The second kappa shape index (κ2) is 4.16. The standard InChI is InChI=1S/C12H20O2/c1-5-14-11(13)10-7-6-9(2)8-12(10,3)4/h10H,2,5-8H2,1,3-4H3. The molecule has 0 aromatic carbocycles. The second-order valence-corrected chi connectivity index (χ2v) is 4.76. The molecule has 2 heteroatoms. The van der Waals surface area contributed by atoms with E-state index in [2.05, 4.69) is 20.4 Å². The van der Waals surface area contributed by atoms with Crippen LogP contribution in [0, 0.1) is 11.3 Å². The van der Waals surface area contributed by atoms with Gasteiger partial charge in [0.15, 0.2) is 0 Å². The van der Waals surface area contributed by atoms with E-state index in [9.17, 15) is 4.79 Å². The SMILES string of the molecule is C=C1CCC(C(=O)OCC)C(C)(C)C1. The summed E-state index contributed by atoms with van der Waals surface area (Å²) in [5, 5.41) is 0. The molecule has 2 nitrogen and oxygen atoms in total. The lowest BCUT2D eigenvalue weighted by Crippen LogP contribution is -2.35. The van der Waals surface area contributed by atoms with Gasteiger partial charge in [0.1, 0.15) is 0 Å². The number of rotatable bonds is 2. The van der Waals surface area contributed by atoms with Crippen LogP contribution in [0.1, 0.15) is 40.0 Å². The second-order valence-electron chi connectivity index (χ2n) is 4.76. The molecule has 1 aliphatic carbocycles. The van der Waals surface area contributed by atoms with Gasteiger partial charge < -0.3 is 4.74 Å². The highest BCUT2D eigenvalue weighted by Crippen LogP contribution is 2.42. The molecule has 0 heterocycles. The van der Waals surface area contributed by atoms with Gasteiger partial charge >= 0.3 is 5.97 Å². The van der Waals surface area contributed by atoms with Gasteiger partial charge in [-0.15, -0.1) is 0 Å². The van der Waals surface area contributed by atoms with Gasteiger partial charge in [-0.2, -0.15) is 0 Å². The van der Waals surface area contributed by atoms with Gasteiger partial charge in [-0.3, -0.25) is 4.79 Å². The summed E-state index contributed by atoms with van der Waals surface area (Å²) in [5.74, 6) is 0.0120. The molecule has 0 radical (unpaired) electrons. The van der Waals surface area contributed by atoms with Gasteiger partial charge in [-0.25, -0.2) is 0 Å². The molecule has 1 unspecified atom stereocenters. The van der Waals surface area contributed by atoms with Gasteiger partial charge in [-0.05, 0) is 31.6 Å². The lowest BCUT2D eigenvalue weighted by molar-refractivity contribution is -0.153. The quantitative estimate of drug-likeness (QED) is 0.501. The molecule has 0 amide bonds. The Morgan fingerprint density at radius 2 is 2.29 bits per heavy atom. The number of carbonyl (C=O) groups excluding carboxylic acids is 1. The zero-order valence-electron chi connectivity index (χ0n) is 9.43. The minimum Gasteiger partial charge on any atom is -0.466 e. The van der Waals surface area contributed by atoms with Crippen molar-refractivity contribution in [1.82, 2.24) is 0 Å². The van der Waals surface area contributed by atoms with Gasteiger partial charge in [0, 0.05) is 0 Å². The zero-order valence-corrected chi connectivity index (χ0v) is 9.43. The van der Waals surface area contributed by atoms with Crippen LogP contribution >= 0.6 is 0 Å². The first kappa shape index (κ1) is 11.3. The number of hydrogen-bond acceptors (Lipinski definition) is 2. The van der Waals surface area contributed by atoms with Crippen molar-refractivity contribution in [2.75, 3.05) is 6.61 Å². The Morgan fingerprint density at radius 3 is 2.79 bits per heavy atom. The van der Waals surface area contributed by atoms with Crippen LogP contribution in [0.5, 0.6) is 0 Å². The van der Waals surface area contributed by atoms with Crippen molar-refractivity contribution >= 4 is 5.97 Å². The third kappa shape index (κ3) is 2.37. The van der Waals surface area contributed by atoms with E-state index in [1.165, 1.54) is 5.57 Å². The fourth-order valence-electron chi connectivity index (χ4n) is 2.27. The molecular formula is C12H20O2. The number of allylic oxidation sites excluding steroid dienone is 1. The van der Waals surface area contributed by atoms with E-state index in [-0.39, 0.29) is 17.3 Å². The maximum atomic E-state index is 11.7. The van der Waals surface area contributed by atoms with Crippen molar-refractivity contribution in [2.24, 2.45) is 11.3 Å². The van der Waals surface area contributed by atoms with Gasteiger partial charge in [-0.1, -0.05) is 26.0 Å². The van der Waals surface area contributed by atoms with Gasteiger partial charge in [0.05, 0.1) is 12.5 Å². The molecule has 0 spiro atoms. The Morgan fingerprint density at radius 1 is 1.64 bits per heavy atom. The zero-order chi connectivity index (χ0) is 10.8. The molecule has 1 fully saturated rings. The van der Waals surface area contributed by atoms with E-state index in [4.69, 9.17) is 4.74 Å². The molecule has 1 rings (SSSR count). The van der Waals surface area contributed by atoms with Crippen LogP contribution in [0.2, 0.25) is 0 Å². The maximum absolute atomic E-state index is 11.7. The Balaban J connectivity index is 2.68. The summed E-state index contributed by atoms with van der Waals surface area (Å²) in [7, 11) is 0. The highest BCUT2D eigenvalue weighted by atomic mass is 16.5. The van der Waals surface area contributed by atoms with E-state index >= 15 is 0 Å². The highest BCUT2D eigenvalue weighted by molar-refractivity contribution is 5.73. The van der Waals surface area contributed by atoms with Crippen LogP contribution in [-0.2, 0) is 9.53 Å². The third-order valence-electron chi connectivity index (χ3n) is 3.01. The smallest absolute Gasteiger partial charge is 0.309 e. The van der Waals surface area contributed by atoms with E-state index in [1.54, 1.807) is 0 Å². The summed E-state index contributed by atoms with van der Waals surface area (Å²) in [4.78, 5) is 11.7. The average molecular weight is 196 g/mol. The molecule has 0 bridgehead atoms. The summed E-state index contributed by atoms with van der Waals surface area (Å²) in [6, 6.07) is 0. The molecule has 1 aliphatic rings. The van der Waals surface area contributed by atoms with Crippen LogP contribution in [-0.4, -0.2) is 12.6 Å². The van der Waals surface area contributed by atoms with Crippen molar-refractivity contribution in [3.05, 3.63) is 12.2 Å². The molecule has 1 atom stereocenters. The first-order valence-electron chi connectivity index (χ1n) is 5.30. The topological polar surface area (TPSA) is 26.3 Å². The molecule has 14 heavy (non-hydrogen) atoms. The van der Waals surface area contributed by atoms with E-state index in [0.717, 1.165) is 19.3 Å². The van der Waals surface area contributed by atoms with Crippen LogP contribution in [0.3, 0.4) is 0 Å². The summed E-state index contributed by atoms with van der Waals surface area (Å²) < 4.78 is 5.08. The van der Waals surface area contributed by atoms with Crippen LogP contribution < -0.4 is 0 Å². The third-order valence-corrected chi connectivity index (χ3v) is 3.01. The molecule has 0 aromatic heterocycles. The lowest BCUT2D eigenvalue weighted by Gasteiger charge is -2.37. The predicted molar refractivity (Wildman–Crippen MR) is 56.9 cm³/mol. The first-order valence-corrected chi connectivity index (χ1v) is 5.30. The first-order chi connectivity index (χ1) is 6.47. The van der Waals surface area contributed by atoms with Crippen LogP contribution in [0.25, 0.3) is 0 Å². The highest BCUT2D eigenvalue weighted by Gasteiger charge is 2.39. The Labute approximate surface area is 86.3 Å². The Kier molecular flexibility index (Phi) is 3.35. The normalized spacial score (nSPS) is 25.9. The van der Waals surface area contributed by atoms with E-state index in [0.29, 0.717) is 6.61 Å². The summed E-state index contributed by atoms with van der Waals surface area (Å²) in [6.07, 6.45) is 2.80. The summed E-state index contributed by atoms with van der Waals surface area (Å²) >= 11 is 0. The molecule has 0 aromatic rings. The van der Waals surface area contributed by atoms with Crippen LogP contribution in [0.4, 0.5) is 0 Å². The fraction of sp³-hybridized carbons (Fsp3) is 0.750. The van der Waals surface area contributed by atoms with Crippen molar-refractivity contribution in [3.63, 3.8) is 0 Å². The van der Waals surface area contributed by atoms with Crippen molar-refractivity contribution in [2.45, 2.75) is 40.0 Å². The molecule has 0 N–H and O–H groups in total.